The number of halogens is 1. The van der Waals surface area contributed by atoms with Gasteiger partial charge in [-0.15, -0.1) is 11.6 Å². The SMILES string of the molecule is O=S(=O)(NCCN1CCOCC1)c1ccc(CCCl)cc1. The van der Waals surface area contributed by atoms with Crippen molar-refractivity contribution in [3.05, 3.63) is 29.8 Å². The quantitative estimate of drug-likeness (QED) is 0.759. The van der Waals surface area contributed by atoms with E-state index in [-0.39, 0.29) is 0 Å². The number of alkyl halides is 1. The second kappa shape index (κ2) is 8.10. The largest absolute Gasteiger partial charge is 0.379 e. The molecule has 1 aromatic rings. The number of hydrogen-bond donors (Lipinski definition) is 1. The van der Waals surface area contributed by atoms with E-state index in [0.29, 0.717) is 23.9 Å². The first-order chi connectivity index (χ1) is 10.1. The van der Waals surface area contributed by atoms with Crippen LogP contribution in [0, 0.1) is 0 Å². The molecule has 7 heteroatoms. The average Bonchev–Trinajstić information content (AvgIpc) is 2.49. The molecule has 1 N–H and O–H groups in total. The summed E-state index contributed by atoms with van der Waals surface area (Å²) in [6.45, 7) is 4.26. The minimum Gasteiger partial charge on any atom is -0.379 e. The lowest BCUT2D eigenvalue weighted by molar-refractivity contribution is 0.0390. The molecule has 0 aromatic heterocycles. The van der Waals surface area contributed by atoms with Crippen molar-refractivity contribution < 1.29 is 13.2 Å². The maximum Gasteiger partial charge on any atom is 0.240 e. The van der Waals surface area contributed by atoms with Gasteiger partial charge in [-0.25, -0.2) is 13.1 Å². The highest BCUT2D eigenvalue weighted by molar-refractivity contribution is 7.89. The summed E-state index contributed by atoms with van der Waals surface area (Å²) in [6, 6.07) is 6.86. The highest BCUT2D eigenvalue weighted by atomic mass is 35.5. The fraction of sp³-hybridized carbons (Fsp3) is 0.571. The van der Waals surface area contributed by atoms with E-state index >= 15 is 0 Å². The number of nitrogens with zero attached hydrogens (tertiary/aromatic N) is 1. The number of morpholine rings is 1. The number of benzene rings is 1. The summed E-state index contributed by atoms with van der Waals surface area (Å²) in [5.74, 6) is 0.532. The number of ether oxygens (including phenoxy) is 1. The first kappa shape index (κ1) is 16.7. The van der Waals surface area contributed by atoms with E-state index in [1.54, 1.807) is 24.3 Å². The summed E-state index contributed by atoms with van der Waals surface area (Å²) in [6.07, 6.45) is 0.742. The Kier molecular flexibility index (Phi) is 6.44. The van der Waals surface area contributed by atoms with Crippen molar-refractivity contribution in [1.82, 2.24) is 9.62 Å². The molecule has 5 nitrogen and oxygen atoms in total. The molecule has 0 unspecified atom stereocenters. The second-order valence-corrected chi connectivity index (χ2v) is 7.08. The van der Waals surface area contributed by atoms with Gasteiger partial charge in [0, 0.05) is 32.1 Å². The van der Waals surface area contributed by atoms with Crippen LogP contribution in [0.4, 0.5) is 0 Å². The molecule has 1 saturated heterocycles. The van der Waals surface area contributed by atoms with Gasteiger partial charge >= 0.3 is 0 Å². The van der Waals surface area contributed by atoms with Gasteiger partial charge < -0.3 is 4.74 Å². The molecule has 1 aliphatic rings. The van der Waals surface area contributed by atoms with Crippen molar-refractivity contribution in [2.24, 2.45) is 0 Å². The van der Waals surface area contributed by atoms with Crippen molar-refractivity contribution in [2.45, 2.75) is 11.3 Å². The van der Waals surface area contributed by atoms with Crippen LogP contribution in [0.3, 0.4) is 0 Å². The van der Waals surface area contributed by atoms with Crippen molar-refractivity contribution in [3.8, 4) is 0 Å². The van der Waals surface area contributed by atoms with Crippen LogP contribution in [-0.2, 0) is 21.2 Å². The Morgan fingerprint density at radius 3 is 2.48 bits per heavy atom. The fourth-order valence-corrected chi connectivity index (χ4v) is 3.43. The van der Waals surface area contributed by atoms with Gasteiger partial charge in [-0.05, 0) is 24.1 Å². The topological polar surface area (TPSA) is 58.6 Å². The van der Waals surface area contributed by atoms with E-state index < -0.39 is 10.0 Å². The lowest BCUT2D eigenvalue weighted by Gasteiger charge is -2.26. The van der Waals surface area contributed by atoms with Gasteiger partial charge in [0.2, 0.25) is 10.0 Å². The molecule has 0 atom stereocenters. The first-order valence-corrected chi connectivity index (χ1v) is 9.08. The summed E-state index contributed by atoms with van der Waals surface area (Å²) in [4.78, 5) is 2.48. The van der Waals surface area contributed by atoms with Crippen LogP contribution >= 0.6 is 11.6 Å². The van der Waals surface area contributed by atoms with Crippen LogP contribution in [0.5, 0.6) is 0 Å². The van der Waals surface area contributed by atoms with Gasteiger partial charge in [0.25, 0.3) is 0 Å². The Labute approximate surface area is 131 Å². The molecule has 2 rings (SSSR count). The Morgan fingerprint density at radius 2 is 1.86 bits per heavy atom. The Bertz CT molecular complexity index is 528. The molecule has 1 aromatic carbocycles. The smallest absolute Gasteiger partial charge is 0.240 e. The van der Waals surface area contributed by atoms with E-state index in [1.807, 2.05) is 0 Å². The monoisotopic (exact) mass is 332 g/mol. The van der Waals surface area contributed by atoms with Gasteiger partial charge in [-0.3, -0.25) is 4.90 Å². The maximum absolute atomic E-state index is 12.2. The molecule has 1 aliphatic heterocycles. The normalized spacial score (nSPS) is 17.0. The Morgan fingerprint density at radius 1 is 1.19 bits per heavy atom. The molecule has 0 amide bonds. The lowest BCUT2D eigenvalue weighted by atomic mass is 10.2. The van der Waals surface area contributed by atoms with Crippen LogP contribution < -0.4 is 4.72 Å². The van der Waals surface area contributed by atoms with Crippen LogP contribution in [-0.4, -0.2) is 58.6 Å². The number of rotatable bonds is 7. The second-order valence-electron chi connectivity index (χ2n) is 4.93. The van der Waals surface area contributed by atoms with E-state index in [9.17, 15) is 8.42 Å². The van der Waals surface area contributed by atoms with Crippen molar-refractivity contribution in [1.29, 1.82) is 0 Å². The van der Waals surface area contributed by atoms with Gasteiger partial charge in [-0.1, -0.05) is 12.1 Å². The molecule has 0 saturated carbocycles. The average molecular weight is 333 g/mol. The van der Waals surface area contributed by atoms with Crippen molar-refractivity contribution in [2.75, 3.05) is 45.3 Å². The third kappa shape index (κ3) is 5.23. The van der Waals surface area contributed by atoms with E-state index in [0.717, 1.165) is 38.3 Å². The molecular formula is C14H21ClN2O3S. The van der Waals surface area contributed by atoms with Crippen LogP contribution in [0.15, 0.2) is 29.2 Å². The zero-order valence-electron chi connectivity index (χ0n) is 11.9. The molecule has 1 heterocycles. The zero-order valence-corrected chi connectivity index (χ0v) is 13.5. The molecule has 0 radical (unpaired) electrons. The molecular weight excluding hydrogens is 312 g/mol. The van der Waals surface area contributed by atoms with Gasteiger partial charge in [0.05, 0.1) is 18.1 Å². The lowest BCUT2D eigenvalue weighted by Crippen LogP contribution is -2.41. The fourth-order valence-electron chi connectivity index (χ4n) is 2.19. The van der Waals surface area contributed by atoms with Crippen LogP contribution in [0.2, 0.25) is 0 Å². The molecule has 0 aliphatic carbocycles. The Balaban J connectivity index is 1.85. The van der Waals surface area contributed by atoms with Gasteiger partial charge in [-0.2, -0.15) is 0 Å². The van der Waals surface area contributed by atoms with Crippen LogP contribution in [0.1, 0.15) is 5.56 Å². The maximum atomic E-state index is 12.2. The first-order valence-electron chi connectivity index (χ1n) is 7.06. The minimum absolute atomic E-state index is 0.294. The minimum atomic E-state index is -3.43. The van der Waals surface area contributed by atoms with Gasteiger partial charge in [0.1, 0.15) is 0 Å². The molecule has 0 spiro atoms. The molecule has 0 bridgehead atoms. The number of sulfonamides is 1. The zero-order chi connectivity index (χ0) is 15.1. The summed E-state index contributed by atoms with van der Waals surface area (Å²) in [5, 5.41) is 0. The summed E-state index contributed by atoms with van der Waals surface area (Å²) in [5.41, 5.74) is 1.04. The number of nitrogens with one attached hydrogen (secondary N) is 1. The van der Waals surface area contributed by atoms with E-state index in [4.69, 9.17) is 16.3 Å². The van der Waals surface area contributed by atoms with Crippen molar-refractivity contribution >= 4 is 21.6 Å². The summed E-state index contributed by atoms with van der Waals surface area (Å²) in [7, 11) is -3.43. The molecule has 21 heavy (non-hydrogen) atoms. The number of aryl methyl sites for hydroxylation is 1. The van der Waals surface area contributed by atoms with Crippen LogP contribution in [0.25, 0.3) is 0 Å². The molecule has 118 valence electrons. The predicted molar refractivity (Wildman–Crippen MR) is 83.3 cm³/mol. The molecule has 1 fully saturated rings. The highest BCUT2D eigenvalue weighted by Gasteiger charge is 2.15. The van der Waals surface area contributed by atoms with Crippen molar-refractivity contribution in [3.63, 3.8) is 0 Å². The standard InChI is InChI=1S/C14H21ClN2O3S/c15-6-5-13-1-3-14(4-2-13)21(18,19)16-7-8-17-9-11-20-12-10-17/h1-4,16H,5-12H2. The predicted octanol–water partition coefficient (Wildman–Crippen LogP) is 1.08. The van der Waals surface area contributed by atoms with Gasteiger partial charge in [0.15, 0.2) is 0 Å². The summed E-state index contributed by atoms with van der Waals surface area (Å²) < 4.78 is 32.2. The highest BCUT2D eigenvalue weighted by Crippen LogP contribution is 2.11. The Hall–Kier alpha value is -0.660. The summed E-state index contributed by atoms with van der Waals surface area (Å²) >= 11 is 5.66. The third-order valence-electron chi connectivity index (χ3n) is 3.44. The third-order valence-corrected chi connectivity index (χ3v) is 5.11. The van der Waals surface area contributed by atoms with E-state index in [2.05, 4.69) is 9.62 Å². The number of hydrogen-bond acceptors (Lipinski definition) is 4. The van der Waals surface area contributed by atoms with E-state index in [1.165, 1.54) is 0 Å².